The minimum absolute atomic E-state index is 0.0676. The quantitative estimate of drug-likeness (QED) is 0.798. The number of fused-ring (bicyclic) bond motifs is 1. The van der Waals surface area contributed by atoms with Gasteiger partial charge in [0.25, 0.3) is 5.91 Å². The van der Waals surface area contributed by atoms with Crippen LogP contribution in [0.4, 0.5) is 5.69 Å². The van der Waals surface area contributed by atoms with E-state index >= 15 is 0 Å². The molecule has 0 aliphatic heterocycles. The van der Waals surface area contributed by atoms with Crippen molar-refractivity contribution in [3.63, 3.8) is 0 Å². The van der Waals surface area contributed by atoms with Gasteiger partial charge in [-0.2, -0.15) is 0 Å². The molecule has 5 heteroatoms. The van der Waals surface area contributed by atoms with Crippen LogP contribution in [0.15, 0.2) is 30.7 Å². The Morgan fingerprint density at radius 1 is 1.53 bits per heavy atom. The molecule has 0 saturated carbocycles. The summed E-state index contributed by atoms with van der Waals surface area (Å²) in [6.07, 6.45) is 5.07. The van der Waals surface area contributed by atoms with Crippen molar-refractivity contribution < 1.29 is 4.79 Å². The molecule has 0 spiro atoms. The second-order valence-electron chi connectivity index (χ2n) is 4.91. The Labute approximate surface area is 111 Å². The molecular formula is C14H16N4O. The SMILES string of the molecule is Cn1cncc1C(=O)NC1CCc2cc(N)ccc21. The summed E-state index contributed by atoms with van der Waals surface area (Å²) in [5, 5.41) is 3.06. The monoisotopic (exact) mass is 256 g/mol. The lowest BCUT2D eigenvalue weighted by molar-refractivity contribution is 0.0928. The summed E-state index contributed by atoms with van der Waals surface area (Å²) in [5.41, 5.74) is 9.53. The molecule has 1 heterocycles. The summed E-state index contributed by atoms with van der Waals surface area (Å²) >= 11 is 0. The van der Waals surface area contributed by atoms with Gasteiger partial charge in [0, 0.05) is 12.7 Å². The number of nitrogens with zero attached hydrogens (tertiary/aromatic N) is 2. The smallest absolute Gasteiger partial charge is 0.270 e. The van der Waals surface area contributed by atoms with Crippen molar-refractivity contribution in [2.45, 2.75) is 18.9 Å². The number of hydrogen-bond donors (Lipinski definition) is 2. The molecule has 1 atom stereocenters. The normalized spacial score (nSPS) is 17.2. The van der Waals surface area contributed by atoms with E-state index in [1.165, 1.54) is 11.1 Å². The summed E-state index contributed by atoms with van der Waals surface area (Å²) < 4.78 is 1.72. The van der Waals surface area contributed by atoms with E-state index in [0.717, 1.165) is 18.5 Å². The largest absolute Gasteiger partial charge is 0.399 e. The van der Waals surface area contributed by atoms with E-state index in [1.807, 2.05) is 25.2 Å². The van der Waals surface area contributed by atoms with E-state index < -0.39 is 0 Å². The molecule has 1 aromatic heterocycles. The molecule has 0 saturated heterocycles. The number of carbonyl (C=O) groups is 1. The number of nitrogens with two attached hydrogens (primary N) is 1. The third-order valence-corrected chi connectivity index (χ3v) is 3.60. The highest BCUT2D eigenvalue weighted by atomic mass is 16.2. The van der Waals surface area contributed by atoms with Crippen LogP contribution in [0.5, 0.6) is 0 Å². The number of imidazole rings is 1. The summed E-state index contributed by atoms with van der Waals surface area (Å²) in [7, 11) is 1.81. The van der Waals surface area contributed by atoms with Gasteiger partial charge >= 0.3 is 0 Å². The zero-order valence-electron chi connectivity index (χ0n) is 10.8. The molecule has 1 aromatic carbocycles. The van der Waals surface area contributed by atoms with Gasteiger partial charge in [0.1, 0.15) is 5.69 Å². The fraction of sp³-hybridized carbons (Fsp3) is 0.286. The zero-order valence-corrected chi connectivity index (χ0v) is 10.8. The van der Waals surface area contributed by atoms with E-state index in [1.54, 1.807) is 17.1 Å². The molecule has 2 aromatic rings. The summed E-state index contributed by atoms with van der Waals surface area (Å²) in [6, 6.07) is 5.95. The van der Waals surface area contributed by atoms with Crippen molar-refractivity contribution >= 4 is 11.6 Å². The number of carbonyl (C=O) groups excluding carboxylic acids is 1. The first-order valence-corrected chi connectivity index (χ1v) is 6.30. The lowest BCUT2D eigenvalue weighted by atomic mass is 10.1. The first-order chi connectivity index (χ1) is 9.15. The van der Waals surface area contributed by atoms with Crippen LogP contribution >= 0.6 is 0 Å². The second-order valence-corrected chi connectivity index (χ2v) is 4.91. The van der Waals surface area contributed by atoms with Gasteiger partial charge < -0.3 is 15.6 Å². The van der Waals surface area contributed by atoms with Gasteiger partial charge in [-0.3, -0.25) is 4.79 Å². The number of aromatic nitrogens is 2. The maximum atomic E-state index is 12.2. The molecular weight excluding hydrogens is 240 g/mol. The first kappa shape index (κ1) is 11.8. The fourth-order valence-corrected chi connectivity index (χ4v) is 2.60. The summed E-state index contributed by atoms with van der Waals surface area (Å²) in [4.78, 5) is 16.1. The van der Waals surface area contributed by atoms with E-state index in [0.29, 0.717) is 5.69 Å². The highest BCUT2D eigenvalue weighted by Crippen LogP contribution is 2.32. The van der Waals surface area contributed by atoms with Gasteiger partial charge in [-0.05, 0) is 36.1 Å². The topological polar surface area (TPSA) is 72.9 Å². The molecule has 0 radical (unpaired) electrons. The van der Waals surface area contributed by atoms with Crippen molar-refractivity contribution in [2.24, 2.45) is 7.05 Å². The van der Waals surface area contributed by atoms with E-state index in [2.05, 4.69) is 10.3 Å². The Kier molecular flexibility index (Phi) is 2.74. The van der Waals surface area contributed by atoms with Gasteiger partial charge in [0.2, 0.25) is 0 Å². The van der Waals surface area contributed by atoms with Crippen LogP contribution in [-0.4, -0.2) is 15.5 Å². The van der Waals surface area contributed by atoms with E-state index in [-0.39, 0.29) is 11.9 Å². The predicted molar refractivity (Wildman–Crippen MR) is 72.6 cm³/mol. The number of nitrogens with one attached hydrogen (secondary N) is 1. The minimum atomic E-state index is -0.0883. The molecule has 3 rings (SSSR count). The van der Waals surface area contributed by atoms with Gasteiger partial charge in [0.05, 0.1) is 18.6 Å². The van der Waals surface area contributed by atoms with E-state index in [4.69, 9.17) is 5.73 Å². The van der Waals surface area contributed by atoms with Crippen molar-refractivity contribution in [3.05, 3.63) is 47.5 Å². The number of rotatable bonds is 2. The predicted octanol–water partition coefficient (Wildman–Crippen LogP) is 1.42. The average Bonchev–Trinajstić information content (AvgIpc) is 2.96. The van der Waals surface area contributed by atoms with Gasteiger partial charge in [-0.25, -0.2) is 4.98 Å². The molecule has 1 aliphatic carbocycles. The zero-order chi connectivity index (χ0) is 13.4. The highest BCUT2D eigenvalue weighted by Gasteiger charge is 2.25. The van der Waals surface area contributed by atoms with Gasteiger partial charge in [-0.1, -0.05) is 6.07 Å². The Balaban J connectivity index is 1.80. The first-order valence-electron chi connectivity index (χ1n) is 6.30. The number of nitrogen functional groups attached to an aromatic ring is 1. The third kappa shape index (κ3) is 2.07. The second kappa shape index (κ2) is 4.42. The van der Waals surface area contributed by atoms with Crippen molar-refractivity contribution in [3.8, 4) is 0 Å². The minimum Gasteiger partial charge on any atom is -0.399 e. The Hall–Kier alpha value is -2.30. The number of anilines is 1. The maximum absolute atomic E-state index is 12.2. The van der Waals surface area contributed by atoms with Crippen molar-refractivity contribution in [1.29, 1.82) is 0 Å². The molecule has 19 heavy (non-hydrogen) atoms. The average molecular weight is 256 g/mol. The van der Waals surface area contributed by atoms with E-state index in [9.17, 15) is 4.79 Å². The lowest BCUT2D eigenvalue weighted by Gasteiger charge is -2.14. The summed E-state index contributed by atoms with van der Waals surface area (Å²) in [6.45, 7) is 0. The van der Waals surface area contributed by atoms with Crippen LogP contribution in [0.3, 0.4) is 0 Å². The molecule has 0 fully saturated rings. The molecule has 1 unspecified atom stereocenters. The van der Waals surface area contributed by atoms with Crippen LogP contribution in [-0.2, 0) is 13.5 Å². The number of benzene rings is 1. The van der Waals surface area contributed by atoms with Gasteiger partial charge in [0.15, 0.2) is 0 Å². The number of hydrogen-bond acceptors (Lipinski definition) is 3. The lowest BCUT2D eigenvalue weighted by Crippen LogP contribution is -2.28. The highest BCUT2D eigenvalue weighted by molar-refractivity contribution is 5.92. The van der Waals surface area contributed by atoms with Crippen molar-refractivity contribution in [2.75, 3.05) is 5.73 Å². The molecule has 1 aliphatic rings. The van der Waals surface area contributed by atoms with Crippen LogP contribution in [0.2, 0.25) is 0 Å². The third-order valence-electron chi connectivity index (χ3n) is 3.60. The summed E-state index contributed by atoms with van der Waals surface area (Å²) in [5.74, 6) is -0.0883. The molecule has 0 bridgehead atoms. The molecule has 3 N–H and O–H groups in total. The van der Waals surface area contributed by atoms with Gasteiger partial charge in [-0.15, -0.1) is 0 Å². The van der Waals surface area contributed by atoms with Crippen LogP contribution in [0.1, 0.15) is 34.1 Å². The standard InChI is InChI=1S/C14H16N4O/c1-18-8-16-7-13(18)14(19)17-12-5-2-9-6-10(15)3-4-11(9)12/h3-4,6-8,12H,2,5,15H2,1H3,(H,17,19). The van der Waals surface area contributed by atoms with Crippen molar-refractivity contribution in [1.82, 2.24) is 14.9 Å². The number of aryl methyl sites for hydroxylation is 2. The number of amides is 1. The van der Waals surface area contributed by atoms with Crippen LogP contribution in [0, 0.1) is 0 Å². The Morgan fingerprint density at radius 3 is 3.11 bits per heavy atom. The Bertz CT molecular complexity index is 632. The maximum Gasteiger partial charge on any atom is 0.270 e. The molecule has 5 nitrogen and oxygen atoms in total. The van der Waals surface area contributed by atoms with Crippen LogP contribution in [0.25, 0.3) is 0 Å². The fourth-order valence-electron chi connectivity index (χ4n) is 2.60. The Morgan fingerprint density at radius 2 is 2.37 bits per heavy atom. The molecule has 98 valence electrons. The molecule has 1 amide bonds. The van der Waals surface area contributed by atoms with Crippen LogP contribution < -0.4 is 11.1 Å².